The van der Waals surface area contributed by atoms with Gasteiger partial charge in [-0.15, -0.1) is 0 Å². The third kappa shape index (κ3) is 3.26. The van der Waals surface area contributed by atoms with E-state index in [-0.39, 0.29) is 5.91 Å². The summed E-state index contributed by atoms with van der Waals surface area (Å²) < 4.78 is 0. The summed E-state index contributed by atoms with van der Waals surface area (Å²) in [4.78, 5) is 13.4. The quantitative estimate of drug-likeness (QED) is 0.903. The Balaban J connectivity index is 2.15. The van der Waals surface area contributed by atoms with Crippen molar-refractivity contribution in [1.82, 2.24) is 15.1 Å². The first kappa shape index (κ1) is 13.4. The van der Waals surface area contributed by atoms with Crippen LogP contribution in [0.4, 0.5) is 5.69 Å². The van der Waals surface area contributed by atoms with Crippen LogP contribution >= 0.6 is 11.6 Å². The maximum atomic E-state index is 11.9. The number of hydrogen-bond donors (Lipinski definition) is 2. The molecule has 0 saturated heterocycles. The Bertz CT molecular complexity index is 566. The van der Waals surface area contributed by atoms with E-state index in [1.807, 2.05) is 6.07 Å². The van der Waals surface area contributed by atoms with Gasteiger partial charge in [0.2, 0.25) is 0 Å². The van der Waals surface area contributed by atoms with Crippen LogP contribution in [0.5, 0.6) is 0 Å². The average molecular weight is 279 g/mol. The van der Waals surface area contributed by atoms with E-state index in [1.165, 1.54) is 4.90 Å². The van der Waals surface area contributed by atoms with E-state index in [9.17, 15) is 4.79 Å². The first-order valence-electron chi connectivity index (χ1n) is 5.81. The molecule has 2 rings (SSSR count). The Morgan fingerprint density at radius 3 is 2.84 bits per heavy atom. The number of anilines is 1. The summed E-state index contributed by atoms with van der Waals surface area (Å²) in [6.07, 6.45) is 1.69. The number of hydrogen-bond acceptors (Lipinski definition) is 3. The summed E-state index contributed by atoms with van der Waals surface area (Å²) in [5.41, 5.74) is 2.27. The first-order valence-corrected chi connectivity index (χ1v) is 6.19. The molecule has 0 aliphatic carbocycles. The topological polar surface area (TPSA) is 61.0 Å². The van der Waals surface area contributed by atoms with Gasteiger partial charge in [0.25, 0.3) is 5.91 Å². The van der Waals surface area contributed by atoms with Crippen molar-refractivity contribution in [2.45, 2.75) is 6.54 Å². The number of H-pyrrole nitrogens is 1. The minimum absolute atomic E-state index is 0.0544. The van der Waals surface area contributed by atoms with Crippen LogP contribution in [0.25, 0.3) is 0 Å². The van der Waals surface area contributed by atoms with Gasteiger partial charge in [0, 0.05) is 25.9 Å². The van der Waals surface area contributed by atoms with Crippen LogP contribution in [-0.4, -0.2) is 35.1 Å². The van der Waals surface area contributed by atoms with Crippen molar-refractivity contribution < 1.29 is 4.79 Å². The number of carbonyl (C=O) groups is 1. The number of carbonyl (C=O) groups excluding carboxylic acids is 1. The first-order chi connectivity index (χ1) is 9.08. The molecule has 2 aromatic rings. The smallest absolute Gasteiger partial charge is 0.253 e. The van der Waals surface area contributed by atoms with Crippen LogP contribution in [-0.2, 0) is 6.54 Å². The van der Waals surface area contributed by atoms with E-state index in [0.717, 1.165) is 11.4 Å². The molecule has 1 aromatic carbocycles. The van der Waals surface area contributed by atoms with Crippen molar-refractivity contribution in [3.05, 3.63) is 46.7 Å². The number of halogens is 1. The third-order valence-electron chi connectivity index (χ3n) is 2.65. The Hall–Kier alpha value is -2.01. The van der Waals surface area contributed by atoms with Crippen LogP contribution in [0.1, 0.15) is 16.1 Å². The number of nitrogens with one attached hydrogen (secondary N) is 2. The molecule has 19 heavy (non-hydrogen) atoms. The minimum atomic E-state index is -0.0544. The third-order valence-corrected chi connectivity index (χ3v) is 2.98. The van der Waals surface area contributed by atoms with E-state index in [0.29, 0.717) is 17.1 Å². The lowest BCUT2D eigenvalue weighted by atomic mass is 10.1. The summed E-state index contributed by atoms with van der Waals surface area (Å²) in [5, 5.41) is 10.5. The highest BCUT2D eigenvalue weighted by molar-refractivity contribution is 6.33. The van der Waals surface area contributed by atoms with Gasteiger partial charge in [-0.05, 0) is 24.3 Å². The molecule has 0 atom stereocenters. The van der Waals surface area contributed by atoms with Gasteiger partial charge in [-0.2, -0.15) is 5.10 Å². The molecular weight excluding hydrogens is 264 g/mol. The molecule has 1 amide bonds. The fourth-order valence-corrected chi connectivity index (χ4v) is 1.81. The monoisotopic (exact) mass is 278 g/mol. The number of aromatic nitrogens is 2. The molecule has 0 aliphatic heterocycles. The van der Waals surface area contributed by atoms with Crippen molar-refractivity contribution in [3.8, 4) is 0 Å². The van der Waals surface area contributed by atoms with Crippen LogP contribution in [0, 0.1) is 0 Å². The SMILES string of the molecule is CN(C)C(=O)c1ccc(Cl)c(NCc2ccn[nH]2)c1. The van der Waals surface area contributed by atoms with E-state index < -0.39 is 0 Å². The Labute approximate surface area is 116 Å². The van der Waals surface area contributed by atoms with Crippen LogP contribution in [0.3, 0.4) is 0 Å². The van der Waals surface area contributed by atoms with Gasteiger partial charge < -0.3 is 10.2 Å². The predicted molar refractivity (Wildman–Crippen MR) is 75.4 cm³/mol. The van der Waals surface area contributed by atoms with Gasteiger partial charge in [0.05, 0.1) is 22.9 Å². The number of nitrogens with zero attached hydrogens (tertiary/aromatic N) is 2. The van der Waals surface area contributed by atoms with Crippen LogP contribution in [0.2, 0.25) is 5.02 Å². The summed E-state index contributed by atoms with van der Waals surface area (Å²) in [6, 6.07) is 7.05. The number of aromatic amines is 1. The Morgan fingerprint density at radius 1 is 1.42 bits per heavy atom. The largest absolute Gasteiger partial charge is 0.378 e. The van der Waals surface area contributed by atoms with Gasteiger partial charge in [0.1, 0.15) is 0 Å². The number of rotatable bonds is 4. The van der Waals surface area contributed by atoms with Gasteiger partial charge in [-0.1, -0.05) is 11.6 Å². The molecule has 2 N–H and O–H groups in total. The van der Waals surface area contributed by atoms with Gasteiger partial charge >= 0.3 is 0 Å². The summed E-state index contributed by atoms with van der Waals surface area (Å²) >= 11 is 6.11. The average Bonchev–Trinajstić information content (AvgIpc) is 2.90. The molecule has 100 valence electrons. The molecule has 0 radical (unpaired) electrons. The standard InChI is InChI=1S/C13H15ClN4O/c1-18(2)13(19)9-3-4-11(14)12(7-9)15-8-10-5-6-16-17-10/h3-7,15H,8H2,1-2H3,(H,16,17). The molecule has 5 nitrogen and oxygen atoms in total. The molecule has 0 fully saturated rings. The van der Waals surface area contributed by atoms with Crippen molar-refractivity contribution >= 4 is 23.2 Å². The molecule has 0 aliphatic rings. The zero-order chi connectivity index (χ0) is 13.8. The molecule has 0 saturated carbocycles. The van der Waals surface area contributed by atoms with Crippen LogP contribution in [0.15, 0.2) is 30.5 Å². The molecule has 0 unspecified atom stereocenters. The highest BCUT2D eigenvalue weighted by Gasteiger charge is 2.10. The number of benzene rings is 1. The van der Waals surface area contributed by atoms with Crippen molar-refractivity contribution in [2.24, 2.45) is 0 Å². The normalized spacial score (nSPS) is 10.3. The lowest BCUT2D eigenvalue weighted by Crippen LogP contribution is -2.21. The lowest BCUT2D eigenvalue weighted by Gasteiger charge is -2.13. The fourth-order valence-electron chi connectivity index (χ4n) is 1.63. The Morgan fingerprint density at radius 2 is 2.21 bits per heavy atom. The summed E-state index contributed by atoms with van der Waals surface area (Å²) in [7, 11) is 3.43. The maximum Gasteiger partial charge on any atom is 0.253 e. The molecule has 0 bridgehead atoms. The van der Waals surface area contributed by atoms with Gasteiger partial charge in [-0.25, -0.2) is 0 Å². The van der Waals surface area contributed by atoms with E-state index in [1.54, 1.807) is 38.5 Å². The second kappa shape index (κ2) is 5.75. The second-order valence-electron chi connectivity index (χ2n) is 4.33. The molecule has 1 aromatic heterocycles. The minimum Gasteiger partial charge on any atom is -0.378 e. The second-order valence-corrected chi connectivity index (χ2v) is 4.74. The lowest BCUT2D eigenvalue weighted by molar-refractivity contribution is 0.0827. The maximum absolute atomic E-state index is 11.9. The van der Waals surface area contributed by atoms with Crippen molar-refractivity contribution in [3.63, 3.8) is 0 Å². The zero-order valence-corrected chi connectivity index (χ0v) is 11.5. The highest BCUT2D eigenvalue weighted by Crippen LogP contribution is 2.24. The van der Waals surface area contributed by atoms with Gasteiger partial charge in [-0.3, -0.25) is 9.89 Å². The van der Waals surface area contributed by atoms with E-state index >= 15 is 0 Å². The highest BCUT2D eigenvalue weighted by atomic mass is 35.5. The summed E-state index contributed by atoms with van der Waals surface area (Å²) in [6.45, 7) is 0.569. The molecule has 1 heterocycles. The Kier molecular flexibility index (Phi) is 4.06. The zero-order valence-electron chi connectivity index (χ0n) is 10.8. The van der Waals surface area contributed by atoms with Crippen molar-refractivity contribution in [2.75, 3.05) is 19.4 Å². The van der Waals surface area contributed by atoms with E-state index in [2.05, 4.69) is 15.5 Å². The van der Waals surface area contributed by atoms with Crippen LogP contribution < -0.4 is 5.32 Å². The molecular formula is C13H15ClN4O. The van der Waals surface area contributed by atoms with Gasteiger partial charge in [0.15, 0.2) is 0 Å². The summed E-state index contributed by atoms with van der Waals surface area (Å²) in [5.74, 6) is -0.0544. The molecule has 0 spiro atoms. The molecule has 6 heteroatoms. The predicted octanol–water partition coefficient (Wildman–Crippen LogP) is 2.38. The van der Waals surface area contributed by atoms with Crippen molar-refractivity contribution in [1.29, 1.82) is 0 Å². The van der Waals surface area contributed by atoms with E-state index in [4.69, 9.17) is 11.6 Å². The number of amides is 1. The fraction of sp³-hybridized carbons (Fsp3) is 0.231.